The highest BCUT2D eigenvalue weighted by molar-refractivity contribution is 5.32. The van der Waals surface area contributed by atoms with Crippen LogP contribution in [0.2, 0.25) is 0 Å². The zero-order valence-electron chi connectivity index (χ0n) is 8.79. The van der Waals surface area contributed by atoms with Gasteiger partial charge in [0.25, 0.3) is 5.56 Å². The smallest absolute Gasteiger partial charge is 0.330 e. The maximum Gasteiger partial charge on any atom is 0.330 e. The van der Waals surface area contributed by atoms with Gasteiger partial charge in [-0.3, -0.25) is 14.3 Å². The molecule has 2 N–H and O–H groups in total. The van der Waals surface area contributed by atoms with E-state index < -0.39 is 29.2 Å². The monoisotopic (exact) mass is 234 g/mol. The molecule has 1 saturated carbocycles. The molecule has 3 rings (SSSR count). The number of H-pyrrole nitrogens is 1. The third-order valence-electron chi connectivity index (χ3n) is 3.44. The van der Waals surface area contributed by atoms with E-state index >= 15 is 0 Å². The van der Waals surface area contributed by atoms with Crippen LogP contribution in [0.15, 0.2) is 21.9 Å². The van der Waals surface area contributed by atoms with Gasteiger partial charge in [0, 0.05) is 24.6 Å². The first-order chi connectivity index (χ1) is 8.08. The van der Waals surface area contributed by atoms with Gasteiger partial charge in [0.1, 0.15) is 12.3 Å². The molecule has 1 aromatic rings. The van der Waals surface area contributed by atoms with Crippen LogP contribution >= 0.6 is 0 Å². The summed E-state index contributed by atoms with van der Waals surface area (Å²) < 4.78 is 6.82. The standard InChI is InChI=1S/C11H10N2O4/c1-2-11-6(9(11)15)5-8(17-11)13-4-3-7(14)12-10(13)16/h1,3-4,6,8-9,15H,5H2,(H,12,14,16)/t6?,8-,9?,11+/m1/s1. The molecule has 17 heavy (non-hydrogen) atoms. The summed E-state index contributed by atoms with van der Waals surface area (Å²) in [4.78, 5) is 24.6. The molecule has 2 aliphatic rings. The van der Waals surface area contributed by atoms with E-state index in [2.05, 4.69) is 10.9 Å². The number of hydrogen-bond donors (Lipinski definition) is 2. The van der Waals surface area contributed by atoms with Crippen molar-refractivity contribution < 1.29 is 9.84 Å². The molecule has 6 heteroatoms. The summed E-state index contributed by atoms with van der Waals surface area (Å²) in [5, 5.41) is 9.56. The lowest BCUT2D eigenvalue weighted by molar-refractivity contribution is -0.0413. The lowest BCUT2D eigenvalue weighted by atomic mass is 10.2. The van der Waals surface area contributed by atoms with Crippen LogP contribution in [0.3, 0.4) is 0 Å². The summed E-state index contributed by atoms with van der Waals surface area (Å²) in [5.41, 5.74) is -1.94. The van der Waals surface area contributed by atoms with Gasteiger partial charge in [0.05, 0.1) is 0 Å². The molecule has 0 spiro atoms. The summed E-state index contributed by atoms with van der Waals surface area (Å²) in [6.07, 6.45) is 5.99. The predicted octanol–water partition coefficient (Wildman–Crippen LogP) is -1.18. The Balaban J connectivity index is 1.93. The lowest BCUT2D eigenvalue weighted by Crippen LogP contribution is -2.33. The van der Waals surface area contributed by atoms with E-state index in [9.17, 15) is 14.7 Å². The van der Waals surface area contributed by atoms with Gasteiger partial charge in [0.15, 0.2) is 5.60 Å². The van der Waals surface area contributed by atoms with Crippen molar-refractivity contribution in [1.29, 1.82) is 0 Å². The van der Waals surface area contributed by atoms with Gasteiger partial charge in [-0.25, -0.2) is 4.79 Å². The first-order valence-corrected chi connectivity index (χ1v) is 5.23. The number of fused-ring (bicyclic) bond motifs is 1. The van der Waals surface area contributed by atoms with Crippen LogP contribution in [0, 0.1) is 18.3 Å². The Morgan fingerprint density at radius 1 is 1.65 bits per heavy atom. The minimum Gasteiger partial charge on any atom is -0.389 e. The first kappa shape index (κ1) is 10.3. The average molecular weight is 234 g/mol. The number of ether oxygens (including phenoxy) is 1. The molecule has 6 nitrogen and oxygen atoms in total. The summed E-state index contributed by atoms with van der Waals surface area (Å²) in [6.45, 7) is 0. The number of nitrogens with one attached hydrogen (secondary N) is 1. The minimum atomic E-state index is -0.944. The highest BCUT2D eigenvalue weighted by atomic mass is 16.6. The second-order valence-corrected chi connectivity index (χ2v) is 4.31. The number of aromatic nitrogens is 2. The molecule has 0 amide bonds. The molecule has 4 atom stereocenters. The minimum absolute atomic E-state index is 0.128. The number of nitrogens with zero attached hydrogens (tertiary/aromatic N) is 1. The summed E-state index contributed by atoms with van der Waals surface area (Å²) in [5.74, 6) is 2.31. The van der Waals surface area contributed by atoms with Crippen molar-refractivity contribution in [3.63, 3.8) is 0 Å². The zero-order chi connectivity index (χ0) is 12.2. The normalized spacial score (nSPS) is 38.5. The fourth-order valence-electron chi connectivity index (χ4n) is 2.42. The molecule has 2 heterocycles. The van der Waals surface area contributed by atoms with Crippen molar-refractivity contribution in [2.24, 2.45) is 5.92 Å². The van der Waals surface area contributed by atoms with Crippen molar-refractivity contribution in [2.45, 2.75) is 24.4 Å². The van der Waals surface area contributed by atoms with E-state index in [1.807, 2.05) is 0 Å². The van der Waals surface area contributed by atoms with Crippen molar-refractivity contribution in [3.05, 3.63) is 33.1 Å². The summed E-state index contributed by atoms with van der Waals surface area (Å²) >= 11 is 0. The molecule has 1 saturated heterocycles. The highest BCUT2D eigenvalue weighted by Crippen LogP contribution is 2.58. The van der Waals surface area contributed by atoms with Gasteiger partial charge < -0.3 is 9.84 Å². The SMILES string of the molecule is C#C[C@]12O[C@@H](n3ccc(=O)[nH]c3=O)CC1C2O. The van der Waals surface area contributed by atoms with Crippen LogP contribution in [0.5, 0.6) is 0 Å². The molecule has 1 aliphatic carbocycles. The van der Waals surface area contributed by atoms with Gasteiger partial charge in [0.2, 0.25) is 0 Å². The van der Waals surface area contributed by atoms with Crippen LogP contribution in [0.1, 0.15) is 12.6 Å². The molecule has 0 aromatic carbocycles. The van der Waals surface area contributed by atoms with Gasteiger partial charge in [-0.1, -0.05) is 5.92 Å². The first-order valence-electron chi connectivity index (χ1n) is 5.23. The molecular formula is C11H10N2O4. The van der Waals surface area contributed by atoms with Crippen LogP contribution in [-0.2, 0) is 4.74 Å². The van der Waals surface area contributed by atoms with Crippen molar-refractivity contribution in [3.8, 4) is 12.3 Å². The van der Waals surface area contributed by atoms with E-state index in [0.717, 1.165) is 0 Å². The quantitative estimate of drug-likeness (QED) is 0.599. The van der Waals surface area contributed by atoms with Crippen molar-refractivity contribution in [2.75, 3.05) is 0 Å². The van der Waals surface area contributed by atoms with E-state index in [0.29, 0.717) is 6.42 Å². The maximum absolute atomic E-state index is 11.5. The number of aliphatic hydroxyl groups is 1. The Bertz CT molecular complexity index is 625. The Labute approximate surface area is 95.9 Å². The van der Waals surface area contributed by atoms with Gasteiger partial charge >= 0.3 is 5.69 Å². The lowest BCUT2D eigenvalue weighted by Gasteiger charge is -2.18. The van der Waals surface area contributed by atoms with Crippen LogP contribution < -0.4 is 11.2 Å². The Morgan fingerprint density at radius 2 is 2.41 bits per heavy atom. The molecule has 2 fully saturated rings. The molecule has 0 radical (unpaired) electrons. The number of aromatic amines is 1. The molecule has 88 valence electrons. The molecule has 1 aliphatic heterocycles. The Kier molecular flexibility index (Phi) is 1.88. The third kappa shape index (κ3) is 1.24. The van der Waals surface area contributed by atoms with Crippen LogP contribution in [0.25, 0.3) is 0 Å². The molecule has 1 aromatic heterocycles. The molecular weight excluding hydrogens is 224 g/mol. The topological polar surface area (TPSA) is 84.3 Å². The number of rotatable bonds is 1. The van der Waals surface area contributed by atoms with Crippen LogP contribution in [-0.4, -0.2) is 26.4 Å². The third-order valence-corrected chi connectivity index (χ3v) is 3.44. The van der Waals surface area contributed by atoms with Gasteiger partial charge in [-0.05, 0) is 0 Å². The average Bonchev–Trinajstić information content (AvgIpc) is 2.71. The number of aliphatic hydroxyl groups excluding tert-OH is 1. The van der Waals surface area contributed by atoms with E-state index in [1.54, 1.807) is 0 Å². The Morgan fingerprint density at radius 3 is 3.00 bits per heavy atom. The van der Waals surface area contributed by atoms with E-state index in [1.165, 1.54) is 16.8 Å². The highest BCUT2D eigenvalue weighted by Gasteiger charge is 2.71. The number of terminal acetylenes is 1. The van der Waals surface area contributed by atoms with Crippen molar-refractivity contribution in [1.82, 2.24) is 9.55 Å². The molecule has 2 unspecified atom stereocenters. The largest absolute Gasteiger partial charge is 0.389 e. The second-order valence-electron chi connectivity index (χ2n) is 4.31. The number of hydrogen-bond acceptors (Lipinski definition) is 4. The summed E-state index contributed by atoms with van der Waals surface area (Å²) in [6, 6.07) is 1.24. The van der Waals surface area contributed by atoms with E-state index in [4.69, 9.17) is 11.2 Å². The fourth-order valence-corrected chi connectivity index (χ4v) is 2.42. The molecule has 0 bridgehead atoms. The van der Waals surface area contributed by atoms with Gasteiger partial charge in [-0.15, -0.1) is 6.42 Å². The van der Waals surface area contributed by atoms with E-state index in [-0.39, 0.29) is 5.92 Å². The van der Waals surface area contributed by atoms with Gasteiger partial charge in [-0.2, -0.15) is 0 Å². The van der Waals surface area contributed by atoms with Crippen molar-refractivity contribution >= 4 is 0 Å². The predicted molar refractivity (Wildman–Crippen MR) is 57.1 cm³/mol. The maximum atomic E-state index is 11.5. The van der Waals surface area contributed by atoms with Crippen LogP contribution in [0.4, 0.5) is 0 Å². The zero-order valence-corrected chi connectivity index (χ0v) is 8.79. The second kappa shape index (κ2) is 3.09. The Hall–Kier alpha value is -1.84. The fraction of sp³-hybridized carbons (Fsp3) is 0.455. The summed E-state index contributed by atoms with van der Waals surface area (Å²) in [7, 11) is 0.